The molecule has 2 aromatic rings. The predicted octanol–water partition coefficient (Wildman–Crippen LogP) is 2.58. The summed E-state index contributed by atoms with van der Waals surface area (Å²) in [6.45, 7) is 2.54. The summed E-state index contributed by atoms with van der Waals surface area (Å²) in [5, 5.41) is 2.87. The molecule has 20 heavy (non-hydrogen) atoms. The Balaban J connectivity index is 1.93. The van der Waals surface area contributed by atoms with E-state index in [0.29, 0.717) is 18.0 Å². The van der Waals surface area contributed by atoms with Crippen molar-refractivity contribution in [2.45, 2.75) is 19.9 Å². The van der Waals surface area contributed by atoms with E-state index < -0.39 is 0 Å². The van der Waals surface area contributed by atoms with Gasteiger partial charge in [-0.05, 0) is 29.7 Å². The normalized spacial score (nSPS) is 10.1. The molecule has 0 radical (unpaired) electrons. The maximum absolute atomic E-state index is 12.0. The number of carbonyl (C=O) groups is 1. The highest BCUT2D eigenvalue weighted by atomic mass is 16.5. The number of aromatic nitrogens is 1. The van der Waals surface area contributed by atoms with E-state index in [4.69, 9.17) is 4.74 Å². The number of carbonyl (C=O) groups excluding carboxylic acids is 1. The van der Waals surface area contributed by atoms with Crippen molar-refractivity contribution < 1.29 is 9.53 Å². The van der Waals surface area contributed by atoms with Gasteiger partial charge in [0.1, 0.15) is 0 Å². The van der Waals surface area contributed by atoms with Crippen LogP contribution in [-0.2, 0) is 13.0 Å². The number of rotatable bonds is 5. The summed E-state index contributed by atoms with van der Waals surface area (Å²) in [5.74, 6) is 0.485. The molecule has 0 saturated heterocycles. The van der Waals surface area contributed by atoms with Crippen LogP contribution in [0.15, 0.2) is 42.6 Å². The lowest BCUT2D eigenvalue weighted by molar-refractivity contribution is 0.0951. The second-order valence-electron chi connectivity index (χ2n) is 4.44. The molecule has 1 aromatic carbocycles. The van der Waals surface area contributed by atoms with Crippen LogP contribution in [0.1, 0.15) is 28.4 Å². The van der Waals surface area contributed by atoms with Gasteiger partial charge in [-0.1, -0.05) is 25.1 Å². The zero-order valence-electron chi connectivity index (χ0n) is 11.7. The summed E-state index contributed by atoms with van der Waals surface area (Å²) in [6, 6.07) is 11.3. The summed E-state index contributed by atoms with van der Waals surface area (Å²) in [7, 11) is 1.57. The second-order valence-corrected chi connectivity index (χ2v) is 4.44. The molecule has 1 aromatic heterocycles. The van der Waals surface area contributed by atoms with Crippen molar-refractivity contribution in [3.8, 4) is 5.88 Å². The number of ether oxygens (including phenoxy) is 1. The van der Waals surface area contributed by atoms with Crippen LogP contribution in [0, 0.1) is 0 Å². The van der Waals surface area contributed by atoms with Gasteiger partial charge in [0.15, 0.2) is 0 Å². The number of benzene rings is 1. The van der Waals surface area contributed by atoms with Gasteiger partial charge in [-0.2, -0.15) is 0 Å². The molecule has 1 heterocycles. The fraction of sp³-hybridized carbons (Fsp3) is 0.250. The van der Waals surface area contributed by atoms with Crippen molar-refractivity contribution in [1.82, 2.24) is 10.3 Å². The van der Waals surface area contributed by atoms with Crippen molar-refractivity contribution >= 4 is 5.91 Å². The minimum Gasteiger partial charge on any atom is -0.481 e. The predicted molar refractivity (Wildman–Crippen MR) is 77.8 cm³/mol. The number of nitrogens with one attached hydrogen (secondary N) is 1. The minimum absolute atomic E-state index is 0.0801. The average molecular weight is 270 g/mol. The Hall–Kier alpha value is -2.36. The van der Waals surface area contributed by atoms with E-state index in [-0.39, 0.29) is 5.91 Å². The first-order valence-electron chi connectivity index (χ1n) is 6.59. The van der Waals surface area contributed by atoms with Crippen LogP contribution in [0.2, 0.25) is 0 Å². The van der Waals surface area contributed by atoms with E-state index in [0.717, 1.165) is 12.0 Å². The molecule has 0 aliphatic carbocycles. The number of amides is 1. The summed E-state index contributed by atoms with van der Waals surface area (Å²) < 4.78 is 4.99. The molecule has 0 saturated carbocycles. The Morgan fingerprint density at radius 3 is 2.40 bits per heavy atom. The summed E-state index contributed by atoms with van der Waals surface area (Å²) in [5.41, 5.74) is 2.83. The van der Waals surface area contributed by atoms with E-state index in [1.807, 2.05) is 30.3 Å². The highest BCUT2D eigenvalue weighted by molar-refractivity contribution is 5.94. The van der Waals surface area contributed by atoms with E-state index >= 15 is 0 Å². The zero-order valence-corrected chi connectivity index (χ0v) is 11.7. The first kappa shape index (κ1) is 14.1. The standard InChI is InChI=1S/C16H18N2O2/c1-3-12-4-7-14(8-5-12)16(19)18-11-13-6-9-15(20-2)17-10-13/h4-10H,3,11H2,1-2H3,(H,18,19). The van der Waals surface area contributed by atoms with Crippen molar-refractivity contribution in [3.63, 3.8) is 0 Å². The number of hydrogen-bond acceptors (Lipinski definition) is 3. The molecule has 0 aliphatic rings. The Morgan fingerprint density at radius 1 is 1.15 bits per heavy atom. The minimum atomic E-state index is -0.0801. The molecule has 104 valence electrons. The van der Waals surface area contributed by atoms with Gasteiger partial charge < -0.3 is 10.1 Å². The van der Waals surface area contributed by atoms with E-state index in [2.05, 4.69) is 17.2 Å². The van der Waals surface area contributed by atoms with Crippen LogP contribution >= 0.6 is 0 Å². The molecule has 4 heteroatoms. The molecule has 4 nitrogen and oxygen atoms in total. The second kappa shape index (κ2) is 6.70. The fourth-order valence-corrected chi connectivity index (χ4v) is 1.81. The van der Waals surface area contributed by atoms with Crippen LogP contribution in [0.3, 0.4) is 0 Å². The molecule has 1 N–H and O–H groups in total. The third-order valence-corrected chi connectivity index (χ3v) is 3.08. The van der Waals surface area contributed by atoms with Gasteiger partial charge in [0, 0.05) is 24.4 Å². The first-order valence-corrected chi connectivity index (χ1v) is 6.59. The maximum Gasteiger partial charge on any atom is 0.251 e. The highest BCUT2D eigenvalue weighted by Crippen LogP contribution is 2.08. The summed E-state index contributed by atoms with van der Waals surface area (Å²) in [6.07, 6.45) is 2.67. The third-order valence-electron chi connectivity index (χ3n) is 3.08. The smallest absolute Gasteiger partial charge is 0.251 e. The largest absolute Gasteiger partial charge is 0.481 e. The SMILES string of the molecule is CCc1ccc(C(=O)NCc2ccc(OC)nc2)cc1. The molecule has 1 amide bonds. The van der Waals surface area contributed by atoms with Crippen LogP contribution in [0.4, 0.5) is 0 Å². The van der Waals surface area contributed by atoms with Crippen molar-refractivity contribution in [2.75, 3.05) is 7.11 Å². The van der Waals surface area contributed by atoms with Gasteiger partial charge in [0.25, 0.3) is 5.91 Å². The lowest BCUT2D eigenvalue weighted by Gasteiger charge is -2.06. The Bertz CT molecular complexity index is 562. The first-order chi connectivity index (χ1) is 9.72. The zero-order chi connectivity index (χ0) is 14.4. The van der Waals surface area contributed by atoms with Crippen LogP contribution in [-0.4, -0.2) is 18.0 Å². The lowest BCUT2D eigenvalue weighted by Crippen LogP contribution is -2.22. The third kappa shape index (κ3) is 3.57. The fourth-order valence-electron chi connectivity index (χ4n) is 1.81. The molecular formula is C16H18N2O2. The maximum atomic E-state index is 12.0. The lowest BCUT2D eigenvalue weighted by atomic mass is 10.1. The molecule has 0 bridgehead atoms. The number of pyridine rings is 1. The van der Waals surface area contributed by atoms with Crippen LogP contribution in [0.25, 0.3) is 0 Å². The Kier molecular flexibility index (Phi) is 4.71. The quantitative estimate of drug-likeness (QED) is 0.908. The summed E-state index contributed by atoms with van der Waals surface area (Å²) in [4.78, 5) is 16.1. The van der Waals surface area contributed by atoms with Gasteiger partial charge in [0.05, 0.1) is 7.11 Å². The highest BCUT2D eigenvalue weighted by Gasteiger charge is 2.05. The van der Waals surface area contributed by atoms with Crippen molar-refractivity contribution in [2.24, 2.45) is 0 Å². The van der Waals surface area contributed by atoms with Gasteiger partial charge in [0.2, 0.25) is 5.88 Å². The molecule has 0 unspecified atom stereocenters. The average Bonchev–Trinajstić information content (AvgIpc) is 2.53. The molecule has 0 aliphatic heterocycles. The number of hydrogen-bond donors (Lipinski definition) is 1. The van der Waals surface area contributed by atoms with Crippen molar-refractivity contribution in [3.05, 3.63) is 59.3 Å². The molecule has 0 atom stereocenters. The topological polar surface area (TPSA) is 51.2 Å². The monoisotopic (exact) mass is 270 g/mol. The van der Waals surface area contributed by atoms with Gasteiger partial charge in [-0.15, -0.1) is 0 Å². The number of nitrogens with zero attached hydrogens (tertiary/aromatic N) is 1. The van der Waals surface area contributed by atoms with Gasteiger partial charge in [-0.3, -0.25) is 4.79 Å². The number of aryl methyl sites for hydroxylation is 1. The molecule has 0 spiro atoms. The molecule has 2 rings (SSSR count). The van der Waals surface area contributed by atoms with E-state index in [1.165, 1.54) is 5.56 Å². The summed E-state index contributed by atoms with van der Waals surface area (Å²) >= 11 is 0. The van der Waals surface area contributed by atoms with Crippen LogP contribution < -0.4 is 10.1 Å². The van der Waals surface area contributed by atoms with Crippen molar-refractivity contribution in [1.29, 1.82) is 0 Å². The van der Waals surface area contributed by atoms with E-state index in [9.17, 15) is 4.79 Å². The Labute approximate surface area is 118 Å². The van der Waals surface area contributed by atoms with Gasteiger partial charge >= 0.3 is 0 Å². The van der Waals surface area contributed by atoms with Crippen LogP contribution in [0.5, 0.6) is 5.88 Å². The van der Waals surface area contributed by atoms with Gasteiger partial charge in [-0.25, -0.2) is 4.98 Å². The molecule has 0 fully saturated rings. The molecular weight excluding hydrogens is 252 g/mol. The van der Waals surface area contributed by atoms with E-state index in [1.54, 1.807) is 19.4 Å². The Morgan fingerprint density at radius 2 is 1.85 bits per heavy atom. The number of methoxy groups -OCH3 is 1.